The maximum absolute atomic E-state index is 4.80. The van der Waals surface area contributed by atoms with Gasteiger partial charge in [0.2, 0.25) is 0 Å². The smallest absolute Gasteiger partial charge is 0.106 e. The van der Waals surface area contributed by atoms with Crippen molar-refractivity contribution in [1.29, 1.82) is 0 Å². The van der Waals surface area contributed by atoms with Crippen molar-refractivity contribution in [3.63, 3.8) is 0 Å². The van der Waals surface area contributed by atoms with Crippen LogP contribution in [0.25, 0.3) is 0 Å². The van der Waals surface area contributed by atoms with Crippen molar-refractivity contribution < 1.29 is 4.84 Å². The molecule has 0 saturated carbocycles. The Labute approximate surface area is 73.6 Å². The Morgan fingerprint density at radius 1 is 1.58 bits per heavy atom. The number of nitrogens with one attached hydrogen (secondary N) is 1. The topological polar surface area (TPSA) is 36.9 Å². The second-order valence-corrected chi connectivity index (χ2v) is 3.20. The van der Waals surface area contributed by atoms with E-state index in [1.165, 1.54) is 0 Å². The minimum absolute atomic E-state index is 0.388. The summed E-state index contributed by atoms with van der Waals surface area (Å²) in [4.78, 5) is 6.95. The van der Waals surface area contributed by atoms with Crippen LogP contribution < -0.4 is 5.32 Å². The first-order chi connectivity index (χ1) is 5.75. The van der Waals surface area contributed by atoms with E-state index in [2.05, 4.69) is 29.5 Å². The van der Waals surface area contributed by atoms with Crippen molar-refractivity contribution in [1.82, 2.24) is 10.2 Å². The van der Waals surface area contributed by atoms with Gasteiger partial charge in [-0.2, -0.15) is 0 Å². The van der Waals surface area contributed by atoms with Gasteiger partial charge in [0.25, 0.3) is 0 Å². The molecule has 1 fully saturated rings. The van der Waals surface area contributed by atoms with E-state index in [1.54, 1.807) is 7.11 Å². The lowest BCUT2D eigenvalue weighted by atomic mass is 10.0. The van der Waals surface area contributed by atoms with Crippen molar-refractivity contribution in [2.45, 2.75) is 12.5 Å². The molecule has 0 radical (unpaired) electrons. The lowest BCUT2D eigenvalue weighted by Crippen LogP contribution is -2.49. The number of nitrogens with zero attached hydrogens (tertiary/aromatic N) is 2. The fourth-order valence-electron chi connectivity index (χ4n) is 1.44. The third-order valence-electron chi connectivity index (χ3n) is 2.11. The van der Waals surface area contributed by atoms with Crippen molar-refractivity contribution in [2.24, 2.45) is 5.16 Å². The quantitative estimate of drug-likeness (QED) is 0.590. The Bertz CT molecular complexity index is 168. The van der Waals surface area contributed by atoms with Crippen LogP contribution in [0.2, 0.25) is 0 Å². The zero-order valence-electron chi connectivity index (χ0n) is 8.00. The molecule has 0 aromatic heterocycles. The van der Waals surface area contributed by atoms with Gasteiger partial charge in [0.05, 0.1) is 11.8 Å². The SMILES string of the molecule is CO/N=C1/CCNCC1N(C)C. The molecule has 1 aliphatic rings. The van der Waals surface area contributed by atoms with Crippen LogP contribution in [0, 0.1) is 0 Å². The van der Waals surface area contributed by atoms with Crippen LogP contribution in [-0.2, 0) is 4.84 Å². The first-order valence-corrected chi connectivity index (χ1v) is 4.22. The van der Waals surface area contributed by atoms with Gasteiger partial charge < -0.3 is 15.1 Å². The minimum atomic E-state index is 0.388. The molecule has 0 aromatic rings. The minimum Gasteiger partial charge on any atom is -0.399 e. The molecule has 0 amide bonds. The fraction of sp³-hybridized carbons (Fsp3) is 0.875. The van der Waals surface area contributed by atoms with Gasteiger partial charge in [0.1, 0.15) is 7.11 Å². The van der Waals surface area contributed by atoms with E-state index in [-0.39, 0.29) is 0 Å². The summed E-state index contributed by atoms with van der Waals surface area (Å²) < 4.78 is 0. The predicted octanol–water partition coefficient (Wildman–Crippen LogP) is -0.0877. The van der Waals surface area contributed by atoms with Crippen molar-refractivity contribution >= 4 is 5.71 Å². The highest BCUT2D eigenvalue weighted by Gasteiger charge is 2.22. The number of hydrogen-bond donors (Lipinski definition) is 1. The van der Waals surface area contributed by atoms with Crippen LogP contribution in [0.1, 0.15) is 6.42 Å². The van der Waals surface area contributed by atoms with Gasteiger partial charge in [0, 0.05) is 19.5 Å². The van der Waals surface area contributed by atoms with E-state index in [0.29, 0.717) is 6.04 Å². The molecule has 0 spiro atoms. The van der Waals surface area contributed by atoms with Crippen molar-refractivity contribution in [3.8, 4) is 0 Å². The van der Waals surface area contributed by atoms with Crippen LogP contribution in [-0.4, -0.2) is 50.9 Å². The van der Waals surface area contributed by atoms with Gasteiger partial charge in [0.15, 0.2) is 0 Å². The summed E-state index contributed by atoms with van der Waals surface area (Å²) in [6, 6.07) is 0.388. The van der Waals surface area contributed by atoms with Gasteiger partial charge in [-0.05, 0) is 14.1 Å². The molecule has 1 rings (SSSR count). The molecule has 1 saturated heterocycles. The molecule has 4 nitrogen and oxygen atoms in total. The maximum atomic E-state index is 4.80. The summed E-state index contributed by atoms with van der Waals surface area (Å²) in [5.41, 5.74) is 1.14. The normalized spacial score (nSPS) is 28.0. The zero-order valence-corrected chi connectivity index (χ0v) is 8.00. The lowest BCUT2D eigenvalue weighted by molar-refractivity contribution is 0.205. The van der Waals surface area contributed by atoms with E-state index in [1.807, 2.05) is 0 Å². The second-order valence-electron chi connectivity index (χ2n) is 3.20. The van der Waals surface area contributed by atoms with Gasteiger partial charge in [-0.15, -0.1) is 0 Å². The summed E-state index contributed by atoms with van der Waals surface area (Å²) in [6.45, 7) is 1.97. The Morgan fingerprint density at radius 2 is 2.33 bits per heavy atom. The van der Waals surface area contributed by atoms with Crippen LogP contribution in [0.15, 0.2) is 5.16 Å². The number of likely N-dealkylation sites (N-methyl/N-ethyl adjacent to an activating group) is 1. The molecule has 1 N–H and O–H groups in total. The first kappa shape index (κ1) is 9.48. The fourth-order valence-corrected chi connectivity index (χ4v) is 1.44. The van der Waals surface area contributed by atoms with E-state index in [4.69, 9.17) is 4.84 Å². The van der Waals surface area contributed by atoms with Gasteiger partial charge in [-0.25, -0.2) is 0 Å². The average Bonchev–Trinajstić information content (AvgIpc) is 2.05. The largest absolute Gasteiger partial charge is 0.399 e. The average molecular weight is 171 g/mol. The molecule has 1 heterocycles. The Hall–Kier alpha value is -0.610. The molecule has 12 heavy (non-hydrogen) atoms. The van der Waals surface area contributed by atoms with E-state index in [9.17, 15) is 0 Å². The zero-order chi connectivity index (χ0) is 8.97. The highest BCUT2D eigenvalue weighted by Crippen LogP contribution is 2.04. The molecule has 1 aliphatic heterocycles. The molecule has 70 valence electrons. The molecule has 1 unspecified atom stereocenters. The van der Waals surface area contributed by atoms with E-state index >= 15 is 0 Å². The van der Waals surface area contributed by atoms with Gasteiger partial charge >= 0.3 is 0 Å². The Balaban J connectivity index is 2.60. The summed E-state index contributed by atoms with van der Waals surface area (Å²) in [5.74, 6) is 0. The number of oxime groups is 1. The van der Waals surface area contributed by atoms with Crippen molar-refractivity contribution in [2.75, 3.05) is 34.3 Å². The third-order valence-corrected chi connectivity index (χ3v) is 2.11. The lowest BCUT2D eigenvalue weighted by Gasteiger charge is -2.29. The molecule has 0 aromatic carbocycles. The highest BCUT2D eigenvalue weighted by molar-refractivity contribution is 5.90. The summed E-state index contributed by atoms with van der Waals surface area (Å²) in [5, 5.41) is 7.35. The van der Waals surface area contributed by atoms with Crippen LogP contribution in [0.5, 0.6) is 0 Å². The highest BCUT2D eigenvalue weighted by atomic mass is 16.6. The Morgan fingerprint density at radius 3 is 2.92 bits per heavy atom. The first-order valence-electron chi connectivity index (χ1n) is 4.22. The van der Waals surface area contributed by atoms with E-state index < -0.39 is 0 Å². The number of rotatable bonds is 2. The Kier molecular flexibility index (Phi) is 3.49. The third kappa shape index (κ3) is 2.19. The van der Waals surface area contributed by atoms with E-state index in [0.717, 1.165) is 25.2 Å². The van der Waals surface area contributed by atoms with Crippen LogP contribution >= 0.6 is 0 Å². The molecule has 0 aliphatic carbocycles. The standard InChI is InChI=1S/C8H17N3O/c1-11(2)8-6-9-5-4-7(8)10-12-3/h8-9H,4-6H2,1-3H3/b10-7-. The molecule has 1 atom stereocenters. The summed E-state index contributed by atoms with van der Waals surface area (Å²) in [7, 11) is 5.72. The van der Waals surface area contributed by atoms with Crippen LogP contribution in [0.4, 0.5) is 0 Å². The maximum Gasteiger partial charge on any atom is 0.106 e. The summed E-state index contributed by atoms with van der Waals surface area (Å²) in [6.07, 6.45) is 0.983. The molecular weight excluding hydrogens is 154 g/mol. The number of piperidine rings is 1. The molecular formula is C8H17N3O. The summed E-state index contributed by atoms with van der Waals surface area (Å²) >= 11 is 0. The predicted molar refractivity (Wildman–Crippen MR) is 49.4 cm³/mol. The van der Waals surface area contributed by atoms with Gasteiger partial charge in [-0.3, -0.25) is 0 Å². The monoisotopic (exact) mass is 171 g/mol. The number of hydrogen-bond acceptors (Lipinski definition) is 4. The molecule has 0 bridgehead atoms. The second kappa shape index (κ2) is 4.42. The molecule has 4 heteroatoms. The van der Waals surface area contributed by atoms with Gasteiger partial charge in [-0.1, -0.05) is 5.16 Å². The van der Waals surface area contributed by atoms with Crippen LogP contribution in [0.3, 0.4) is 0 Å². The van der Waals surface area contributed by atoms with Crippen molar-refractivity contribution in [3.05, 3.63) is 0 Å².